The highest BCUT2D eigenvalue weighted by atomic mass is 32.2. The molecule has 1 aliphatic rings. The first-order valence-corrected chi connectivity index (χ1v) is 16.7. The number of rotatable bonds is 9. The van der Waals surface area contributed by atoms with Crippen LogP contribution in [0.25, 0.3) is 10.8 Å². The summed E-state index contributed by atoms with van der Waals surface area (Å²) >= 11 is 0. The number of likely N-dealkylation sites (tertiary alicyclic amines) is 1. The van der Waals surface area contributed by atoms with E-state index >= 15 is 0 Å². The van der Waals surface area contributed by atoms with Crippen molar-refractivity contribution in [3.8, 4) is 5.75 Å². The van der Waals surface area contributed by atoms with Crippen molar-refractivity contribution in [1.29, 1.82) is 5.41 Å². The first-order chi connectivity index (χ1) is 25.0. The first-order valence-electron chi connectivity index (χ1n) is 15.3. The highest BCUT2D eigenvalue weighted by molar-refractivity contribution is 7.89. The number of carbonyl (C=O) groups is 3. The number of nitrogen functional groups attached to an aromatic ring is 2. The fourth-order valence-corrected chi connectivity index (χ4v) is 6.70. The quantitative estimate of drug-likeness (QED) is 0.0664. The number of hydrogen-bond donors (Lipinski definition) is 5. The number of hydrogen-bond acceptors (Lipinski definition) is 8. The lowest BCUT2D eigenvalue weighted by molar-refractivity contribution is -0.193. The van der Waals surface area contributed by atoms with Gasteiger partial charge in [-0.3, -0.25) is 10.2 Å². The third kappa shape index (κ3) is 11.3. The monoisotopic (exact) mass is 785 g/mol. The average molecular weight is 786 g/mol. The molecule has 0 spiro atoms. The van der Waals surface area contributed by atoms with Crippen LogP contribution in [0.4, 0.5) is 32.0 Å². The average Bonchev–Trinajstić information content (AvgIpc) is 3.44. The molecule has 20 heteroatoms. The van der Waals surface area contributed by atoms with Crippen molar-refractivity contribution in [3.05, 3.63) is 102 Å². The third-order valence-corrected chi connectivity index (χ3v) is 9.48. The molecule has 7 N–H and O–H groups in total. The van der Waals surface area contributed by atoms with Gasteiger partial charge in [0.1, 0.15) is 17.6 Å². The second-order valence-electron chi connectivity index (χ2n) is 11.5. The van der Waals surface area contributed by atoms with Gasteiger partial charge in [0.2, 0.25) is 15.9 Å². The lowest BCUT2D eigenvalue weighted by Crippen LogP contribution is -2.44. The standard InChI is InChI=1S/C30H31N5O4S.2C2HF3O2/c1-39-26-10-8-22-9-11-27(17-24(22)16-26)40(37,38)35(19-21-5-3-7-25(31)15-21)28-12-13-34(30(28)36)18-20-4-2-6-23(14-20)29(32)33;2*3-2(4,5)1(6)7/h2-11,14-17,28H,12-13,18-19,31H2,1H3,(H3,32,33);2*(H,6,7)/t28-;;/m0../s1. The fourth-order valence-electron chi connectivity index (χ4n) is 5.06. The Morgan fingerprint density at radius 2 is 1.46 bits per heavy atom. The summed E-state index contributed by atoms with van der Waals surface area (Å²) in [7, 11) is -2.54. The Hall–Kier alpha value is -5.89. The van der Waals surface area contributed by atoms with Gasteiger partial charge >= 0.3 is 24.3 Å². The summed E-state index contributed by atoms with van der Waals surface area (Å²) in [6.07, 6.45) is -9.83. The van der Waals surface area contributed by atoms with Crippen molar-refractivity contribution < 1.29 is 64.1 Å². The summed E-state index contributed by atoms with van der Waals surface area (Å²) in [6, 6.07) is 23.7. The predicted molar refractivity (Wildman–Crippen MR) is 183 cm³/mol. The molecule has 0 bridgehead atoms. The molecule has 0 aliphatic carbocycles. The molecule has 13 nitrogen and oxygen atoms in total. The van der Waals surface area contributed by atoms with Gasteiger partial charge in [-0.25, -0.2) is 18.0 Å². The number of fused-ring (bicyclic) bond motifs is 1. The second kappa shape index (κ2) is 17.3. The zero-order valence-corrected chi connectivity index (χ0v) is 28.9. The normalized spacial score (nSPS) is 14.5. The molecule has 0 saturated carbocycles. The number of nitrogens with two attached hydrogens (primary N) is 2. The number of halogens is 6. The first kappa shape index (κ1) is 42.5. The maximum Gasteiger partial charge on any atom is 0.490 e. The van der Waals surface area contributed by atoms with Crippen molar-refractivity contribution in [1.82, 2.24) is 9.21 Å². The number of nitrogens with one attached hydrogen (secondary N) is 1. The Morgan fingerprint density at radius 1 is 0.889 bits per heavy atom. The van der Waals surface area contributed by atoms with E-state index in [-0.39, 0.29) is 23.2 Å². The highest BCUT2D eigenvalue weighted by Crippen LogP contribution is 2.31. The Kier molecular flexibility index (Phi) is 13.6. The number of aliphatic carboxylic acids is 2. The summed E-state index contributed by atoms with van der Waals surface area (Å²) in [6.45, 7) is 0.678. The SMILES string of the molecule is COc1ccc2ccc(S(=O)(=O)N(Cc3cccc(N)c3)[C@H]3CCN(Cc4cccc(C(=N)N)c4)C3=O)cc2c1.O=C(O)C(F)(F)F.O=C(O)C(F)(F)F. The van der Waals surface area contributed by atoms with Crippen molar-refractivity contribution in [2.45, 2.75) is 42.8 Å². The highest BCUT2D eigenvalue weighted by Gasteiger charge is 2.42. The molecule has 0 aromatic heterocycles. The zero-order chi connectivity index (χ0) is 40.6. The molecule has 1 aliphatic heterocycles. The molecule has 1 saturated heterocycles. The number of carboxylic acids is 2. The van der Waals surface area contributed by atoms with Gasteiger partial charge in [-0.05, 0) is 70.8 Å². The molecule has 0 radical (unpaired) electrons. The number of sulfonamides is 1. The van der Waals surface area contributed by atoms with Gasteiger partial charge in [0.25, 0.3) is 0 Å². The molecule has 0 unspecified atom stereocenters. The van der Waals surface area contributed by atoms with Crippen LogP contribution in [0, 0.1) is 5.41 Å². The lowest BCUT2D eigenvalue weighted by atomic mass is 10.1. The van der Waals surface area contributed by atoms with E-state index in [9.17, 15) is 39.6 Å². The molecule has 1 atom stereocenters. The van der Waals surface area contributed by atoms with Crippen LogP contribution in [0.3, 0.4) is 0 Å². The second-order valence-corrected chi connectivity index (χ2v) is 13.3. The predicted octanol–water partition coefficient (Wildman–Crippen LogP) is 4.97. The maximum absolute atomic E-state index is 14.2. The smallest absolute Gasteiger partial charge is 0.490 e. The number of nitrogens with zero attached hydrogens (tertiary/aromatic N) is 2. The van der Waals surface area contributed by atoms with E-state index in [1.807, 2.05) is 18.2 Å². The summed E-state index contributed by atoms with van der Waals surface area (Å²) in [5.74, 6) is -5.22. The largest absolute Gasteiger partial charge is 0.497 e. The molecule has 4 aromatic carbocycles. The number of amides is 1. The minimum atomic E-state index is -5.08. The van der Waals surface area contributed by atoms with E-state index in [0.717, 1.165) is 10.9 Å². The van der Waals surface area contributed by atoms with Gasteiger partial charge in [-0.15, -0.1) is 0 Å². The van der Waals surface area contributed by atoms with Crippen LogP contribution >= 0.6 is 0 Å². The van der Waals surface area contributed by atoms with E-state index in [1.54, 1.807) is 78.7 Å². The topological polar surface area (TPSA) is 217 Å². The molecule has 54 heavy (non-hydrogen) atoms. The van der Waals surface area contributed by atoms with E-state index in [2.05, 4.69) is 0 Å². The molecule has 1 fully saturated rings. The van der Waals surface area contributed by atoms with Crippen LogP contribution in [-0.4, -0.2) is 83.6 Å². The van der Waals surface area contributed by atoms with Gasteiger partial charge in [0, 0.05) is 30.9 Å². The van der Waals surface area contributed by atoms with E-state index in [1.165, 1.54) is 4.31 Å². The number of ether oxygens (including phenoxy) is 1. The van der Waals surface area contributed by atoms with Gasteiger partial charge in [-0.2, -0.15) is 30.6 Å². The zero-order valence-electron chi connectivity index (χ0n) is 28.1. The van der Waals surface area contributed by atoms with Crippen LogP contribution in [-0.2, 0) is 37.5 Å². The Bertz CT molecular complexity index is 2110. The van der Waals surface area contributed by atoms with Gasteiger partial charge in [0.15, 0.2) is 0 Å². The Morgan fingerprint density at radius 3 is 2.02 bits per heavy atom. The van der Waals surface area contributed by atoms with Crippen molar-refractivity contribution in [2.75, 3.05) is 19.4 Å². The number of carboxylic acid groups (broad SMARTS) is 2. The number of carbonyl (C=O) groups excluding carboxylic acids is 1. The van der Waals surface area contributed by atoms with Gasteiger partial charge in [0.05, 0.1) is 12.0 Å². The summed E-state index contributed by atoms with van der Waals surface area (Å²) in [4.78, 5) is 33.2. The van der Waals surface area contributed by atoms with Crippen LogP contribution < -0.4 is 16.2 Å². The van der Waals surface area contributed by atoms with Crippen molar-refractivity contribution >= 4 is 50.2 Å². The lowest BCUT2D eigenvalue weighted by Gasteiger charge is -2.28. The molecular weight excluding hydrogens is 752 g/mol. The van der Waals surface area contributed by atoms with Crippen LogP contribution in [0.2, 0.25) is 0 Å². The Labute approximate surface area is 303 Å². The number of amidine groups is 1. The van der Waals surface area contributed by atoms with Crippen LogP contribution in [0.15, 0.2) is 89.8 Å². The van der Waals surface area contributed by atoms with Gasteiger partial charge in [-0.1, -0.05) is 42.5 Å². The fraction of sp³-hybridized carbons (Fsp3) is 0.235. The molecule has 290 valence electrons. The van der Waals surface area contributed by atoms with Crippen LogP contribution in [0.5, 0.6) is 5.75 Å². The minimum Gasteiger partial charge on any atom is -0.497 e. The van der Waals surface area contributed by atoms with Gasteiger partial charge < -0.3 is 31.3 Å². The number of anilines is 1. The van der Waals surface area contributed by atoms with E-state index in [4.69, 9.17) is 41.4 Å². The summed E-state index contributed by atoms with van der Waals surface area (Å²) in [5.41, 5.74) is 14.2. The number of alkyl halides is 6. The summed E-state index contributed by atoms with van der Waals surface area (Å²) < 4.78 is 98.5. The molecule has 1 amide bonds. The van der Waals surface area contributed by atoms with E-state index in [0.29, 0.717) is 47.5 Å². The van der Waals surface area contributed by atoms with Crippen molar-refractivity contribution in [2.24, 2.45) is 5.73 Å². The Balaban J connectivity index is 0.000000476. The maximum atomic E-state index is 14.2. The number of benzene rings is 4. The van der Waals surface area contributed by atoms with Crippen molar-refractivity contribution in [3.63, 3.8) is 0 Å². The molecular formula is C34H33F6N5O8S. The third-order valence-electron chi connectivity index (χ3n) is 7.63. The summed E-state index contributed by atoms with van der Waals surface area (Å²) in [5, 5.41) is 23.5. The molecule has 4 aromatic rings. The number of methoxy groups -OCH3 is 1. The van der Waals surface area contributed by atoms with E-state index < -0.39 is 40.4 Å². The molecule has 1 heterocycles. The van der Waals surface area contributed by atoms with Crippen LogP contribution in [0.1, 0.15) is 23.1 Å². The molecule has 5 rings (SSSR count). The minimum absolute atomic E-state index is 0.00636.